The summed E-state index contributed by atoms with van der Waals surface area (Å²) in [7, 11) is 0. The monoisotopic (exact) mass is 788 g/mol. The first-order valence-corrected chi connectivity index (χ1v) is 25.0. The summed E-state index contributed by atoms with van der Waals surface area (Å²) in [5.41, 5.74) is 5.80. The van der Waals surface area contributed by atoms with Crippen molar-refractivity contribution in [3.63, 3.8) is 0 Å². The summed E-state index contributed by atoms with van der Waals surface area (Å²) in [6.07, 6.45) is 44.8. The number of hydrogen-bond donors (Lipinski definition) is 3. The van der Waals surface area contributed by atoms with E-state index >= 15 is 0 Å². The van der Waals surface area contributed by atoms with Crippen molar-refractivity contribution in [3.05, 3.63) is 6.07 Å². The summed E-state index contributed by atoms with van der Waals surface area (Å²) in [4.78, 5) is 15.5. The van der Waals surface area contributed by atoms with Gasteiger partial charge in [0.15, 0.2) is 0 Å². The first-order valence-electron chi connectivity index (χ1n) is 25.0. The van der Waals surface area contributed by atoms with Crippen LogP contribution in [0.1, 0.15) is 252 Å². The number of aromatic amines is 1. The molecule has 0 aliphatic rings. The number of H-pyrrole nitrogens is 1. The maximum absolute atomic E-state index is 12.9. The third kappa shape index (κ3) is 33.2. The van der Waals surface area contributed by atoms with Crippen molar-refractivity contribution in [3.8, 4) is 0 Å². The lowest BCUT2D eigenvalue weighted by molar-refractivity contribution is -0.150. The molecule has 330 valence electrons. The Kier molecular flexibility index (Phi) is 37.4. The number of rotatable bonds is 44. The highest BCUT2D eigenvalue weighted by molar-refractivity contribution is 5.69. The maximum Gasteiger partial charge on any atom is 0.306 e. The minimum atomic E-state index is 0.0441. The van der Waals surface area contributed by atoms with Crippen LogP contribution in [-0.4, -0.2) is 53.3 Å². The van der Waals surface area contributed by atoms with Crippen LogP contribution in [0.4, 0.5) is 11.6 Å². The van der Waals surface area contributed by atoms with Gasteiger partial charge in [-0.25, -0.2) is 0 Å². The van der Waals surface area contributed by atoms with Gasteiger partial charge in [0.1, 0.15) is 17.7 Å². The van der Waals surface area contributed by atoms with E-state index in [1.54, 1.807) is 0 Å². The summed E-state index contributed by atoms with van der Waals surface area (Å²) < 4.78 is 6.09. The van der Waals surface area contributed by atoms with Crippen molar-refractivity contribution in [2.45, 2.75) is 259 Å². The number of carbonyl (C=O) groups excluding carboxylic acids is 1. The number of esters is 1. The highest BCUT2D eigenvalue weighted by atomic mass is 16.5. The molecule has 1 atom stereocenters. The van der Waals surface area contributed by atoms with Crippen molar-refractivity contribution in [1.82, 2.24) is 15.1 Å². The van der Waals surface area contributed by atoms with Gasteiger partial charge in [0.05, 0.1) is 0 Å². The quantitative estimate of drug-likeness (QED) is 0.0450. The van der Waals surface area contributed by atoms with Gasteiger partial charge in [-0.1, -0.05) is 195 Å². The van der Waals surface area contributed by atoms with Crippen molar-refractivity contribution >= 4 is 17.6 Å². The highest BCUT2D eigenvalue weighted by Crippen LogP contribution is 2.22. The molecule has 1 unspecified atom stereocenters. The molecule has 1 rings (SSSR count). The number of ether oxygens (including phenoxy) is 1. The Balaban J connectivity index is 2.33. The Morgan fingerprint density at radius 2 is 1.04 bits per heavy atom. The number of anilines is 2. The predicted octanol–water partition coefficient (Wildman–Crippen LogP) is 15.0. The van der Waals surface area contributed by atoms with Gasteiger partial charge in [-0.3, -0.25) is 9.89 Å². The molecule has 0 aromatic carbocycles. The van der Waals surface area contributed by atoms with E-state index in [9.17, 15) is 4.79 Å². The number of aromatic nitrogens is 2. The molecule has 0 spiro atoms. The number of carbonyl (C=O) groups is 1. The van der Waals surface area contributed by atoms with E-state index in [4.69, 9.17) is 10.5 Å². The Morgan fingerprint density at radius 3 is 1.50 bits per heavy atom. The van der Waals surface area contributed by atoms with Crippen LogP contribution in [0.15, 0.2) is 6.07 Å². The number of nitrogens with two attached hydrogens (primary N) is 1. The van der Waals surface area contributed by atoms with Crippen molar-refractivity contribution in [1.29, 1.82) is 0 Å². The molecular formula is C49H97N5O2. The number of unbranched alkanes of at least 4 members (excludes halogenated alkanes) is 23. The van der Waals surface area contributed by atoms with Crippen molar-refractivity contribution < 1.29 is 9.53 Å². The zero-order chi connectivity index (χ0) is 40.6. The second-order valence-electron chi connectivity index (χ2n) is 17.5. The summed E-state index contributed by atoms with van der Waals surface area (Å²) in [6, 6.07) is 1.86. The molecule has 4 N–H and O–H groups in total. The lowest BCUT2D eigenvalue weighted by Gasteiger charge is -2.22. The topological polar surface area (TPSA) is 96.3 Å². The van der Waals surface area contributed by atoms with Gasteiger partial charge in [0.25, 0.3) is 0 Å². The molecule has 0 aliphatic carbocycles. The fourth-order valence-corrected chi connectivity index (χ4v) is 8.29. The molecule has 1 aromatic heterocycles. The first kappa shape index (κ1) is 52.3. The molecule has 0 aliphatic heterocycles. The number of nitrogens with one attached hydrogen (secondary N) is 2. The van der Waals surface area contributed by atoms with E-state index in [2.05, 4.69) is 48.1 Å². The molecule has 0 radical (unpaired) electrons. The third-order valence-corrected chi connectivity index (χ3v) is 12.1. The number of hydrogen-bond acceptors (Lipinski definition) is 6. The molecular weight excluding hydrogens is 691 g/mol. The molecule has 0 fully saturated rings. The molecule has 0 saturated heterocycles. The van der Waals surface area contributed by atoms with E-state index in [1.807, 2.05) is 6.07 Å². The molecule has 0 bridgehead atoms. The number of nitrogens with zero attached hydrogens (tertiary/aromatic N) is 2. The zero-order valence-corrected chi connectivity index (χ0v) is 38.1. The smallest absolute Gasteiger partial charge is 0.306 e. The van der Waals surface area contributed by atoms with Crippen LogP contribution in [0.2, 0.25) is 0 Å². The minimum Gasteiger partial charge on any atom is -0.462 e. The lowest BCUT2D eigenvalue weighted by atomic mass is 9.92. The first-order chi connectivity index (χ1) is 27.5. The largest absolute Gasteiger partial charge is 0.462 e. The van der Waals surface area contributed by atoms with Gasteiger partial charge >= 0.3 is 5.97 Å². The molecule has 7 nitrogen and oxygen atoms in total. The van der Waals surface area contributed by atoms with Gasteiger partial charge in [0, 0.05) is 19.0 Å². The Hall–Kier alpha value is -1.76. The average Bonchev–Trinajstić information content (AvgIpc) is 3.62. The second kappa shape index (κ2) is 40.0. The molecule has 0 amide bonds. The van der Waals surface area contributed by atoms with Gasteiger partial charge < -0.3 is 20.7 Å². The molecule has 1 heterocycles. The second-order valence-corrected chi connectivity index (χ2v) is 17.5. The van der Waals surface area contributed by atoms with Crippen LogP contribution >= 0.6 is 0 Å². The van der Waals surface area contributed by atoms with E-state index in [-0.39, 0.29) is 12.1 Å². The summed E-state index contributed by atoms with van der Waals surface area (Å²) >= 11 is 0. The molecule has 56 heavy (non-hydrogen) atoms. The van der Waals surface area contributed by atoms with Crippen LogP contribution in [0.3, 0.4) is 0 Å². The van der Waals surface area contributed by atoms with Gasteiger partial charge in [-0.15, -0.1) is 0 Å². The zero-order valence-electron chi connectivity index (χ0n) is 38.1. The summed E-state index contributed by atoms with van der Waals surface area (Å²) in [5.74, 6) is 2.43. The fourth-order valence-electron chi connectivity index (χ4n) is 8.29. The minimum absolute atomic E-state index is 0.0441. The van der Waals surface area contributed by atoms with E-state index in [0.29, 0.717) is 12.2 Å². The Bertz CT molecular complexity index is 939. The number of nitrogen functional groups attached to an aromatic ring is 1. The third-order valence-electron chi connectivity index (χ3n) is 12.1. The maximum atomic E-state index is 12.9. The van der Waals surface area contributed by atoms with Crippen LogP contribution < -0.4 is 11.1 Å². The van der Waals surface area contributed by atoms with Crippen molar-refractivity contribution in [2.75, 3.05) is 37.2 Å². The van der Waals surface area contributed by atoms with Gasteiger partial charge in [0.2, 0.25) is 0 Å². The van der Waals surface area contributed by atoms with Crippen LogP contribution in [-0.2, 0) is 9.53 Å². The Labute approximate surface area is 349 Å². The highest BCUT2D eigenvalue weighted by Gasteiger charge is 2.14. The molecule has 1 aromatic rings. The Morgan fingerprint density at radius 1 is 0.607 bits per heavy atom. The van der Waals surface area contributed by atoms with Crippen LogP contribution in [0.5, 0.6) is 0 Å². The standard InChI is InChI=1S/C49H97N5O2/c1-5-9-12-15-20-27-35-45(8-4)36-28-21-18-25-32-41-54(43-34-40-51-48-44-47(50)52-53-48)42-33-26-19-24-31-39-49(55)56-46(37-29-22-16-13-10-6-2)38-30-23-17-14-11-7-3/h44-46H,5-43H2,1-4H3,(H4,50,51,52,53). The predicted molar refractivity (Wildman–Crippen MR) is 246 cm³/mol. The molecule has 0 saturated carbocycles. The summed E-state index contributed by atoms with van der Waals surface area (Å²) in [5, 5.41) is 10.4. The van der Waals surface area contributed by atoms with E-state index in [0.717, 1.165) is 56.9 Å². The van der Waals surface area contributed by atoms with Crippen LogP contribution in [0, 0.1) is 5.92 Å². The summed E-state index contributed by atoms with van der Waals surface area (Å²) in [6.45, 7) is 13.7. The van der Waals surface area contributed by atoms with Gasteiger partial charge in [-0.2, -0.15) is 5.10 Å². The van der Waals surface area contributed by atoms with E-state index < -0.39 is 0 Å². The van der Waals surface area contributed by atoms with Crippen LogP contribution in [0.25, 0.3) is 0 Å². The fraction of sp³-hybridized carbons (Fsp3) is 0.918. The molecule has 7 heteroatoms. The van der Waals surface area contributed by atoms with E-state index in [1.165, 1.54) is 199 Å². The SMILES string of the molecule is CCCCCCCCC(CC)CCCCCCCN(CCCCCCCC(=O)OC(CCCCCCCC)CCCCCCCC)CCCNc1cc(N)[nH]n1. The lowest BCUT2D eigenvalue weighted by Crippen LogP contribution is -2.28. The van der Waals surface area contributed by atoms with Crippen molar-refractivity contribution in [2.24, 2.45) is 5.92 Å². The van der Waals surface area contributed by atoms with Gasteiger partial charge in [-0.05, 0) is 76.9 Å². The normalized spacial score (nSPS) is 12.2. The average molecular weight is 788 g/mol.